The van der Waals surface area contributed by atoms with Gasteiger partial charge in [0.15, 0.2) is 0 Å². The number of carbonyl (C=O) groups is 2. The van der Waals surface area contributed by atoms with Gasteiger partial charge < -0.3 is 15.4 Å². The number of methoxy groups -OCH3 is 1. The second-order valence-corrected chi connectivity index (χ2v) is 6.56. The van der Waals surface area contributed by atoms with Crippen LogP contribution in [0.15, 0.2) is 17.5 Å². The van der Waals surface area contributed by atoms with Crippen molar-refractivity contribution < 1.29 is 14.3 Å². The number of esters is 1. The Kier molecular flexibility index (Phi) is 5.61. The van der Waals surface area contributed by atoms with Gasteiger partial charge in [-0.05, 0) is 37.6 Å². The van der Waals surface area contributed by atoms with Gasteiger partial charge in [-0.2, -0.15) is 0 Å². The van der Waals surface area contributed by atoms with Crippen LogP contribution in [0, 0.1) is 5.92 Å². The lowest BCUT2D eigenvalue weighted by Crippen LogP contribution is -2.45. The van der Waals surface area contributed by atoms with Crippen LogP contribution in [0.25, 0.3) is 0 Å². The molecule has 0 aromatic carbocycles. The quantitative estimate of drug-likeness (QED) is 0.820. The van der Waals surface area contributed by atoms with Crippen LogP contribution >= 0.6 is 11.3 Å². The molecule has 116 valence electrons. The number of amides is 2. The van der Waals surface area contributed by atoms with Gasteiger partial charge in [-0.25, -0.2) is 4.79 Å². The Morgan fingerprint density at radius 1 is 1.48 bits per heavy atom. The van der Waals surface area contributed by atoms with E-state index in [0.29, 0.717) is 6.42 Å². The summed E-state index contributed by atoms with van der Waals surface area (Å²) >= 11 is 1.69. The number of hydrogen-bond donors (Lipinski definition) is 2. The first-order valence-electron chi connectivity index (χ1n) is 7.25. The van der Waals surface area contributed by atoms with Crippen LogP contribution in [0.4, 0.5) is 4.79 Å². The Balaban J connectivity index is 1.71. The van der Waals surface area contributed by atoms with Crippen molar-refractivity contribution in [1.29, 1.82) is 0 Å². The van der Waals surface area contributed by atoms with Gasteiger partial charge in [-0.15, -0.1) is 11.3 Å². The van der Waals surface area contributed by atoms with E-state index in [0.717, 1.165) is 19.3 Å². The standard InChI is InChI=1S/C15H22N2O3S/c1-10(8-13-4-3-7-21-13)16-15(19)17-12-6-5-11(9-12)14(18)20-2/h3-4,7,10-12H,5-6,8-9H2,1-2H3,(H2,16,17,19)/t10?,11-,12+/m0/s1. The molecule has 0 bridgehead atoms. The molecule has 1 heterocycles. The lowest BCUT2D eigenvalue weighted by atomic mass is 10.1. The number of carbonyl (C=O) groups excluding carboxylic acids is 2. The van der Waals surface area contributed by atoms with Gasteiger partial charge in [-0.1, -0.05) is 6.07 Å². The fraction of sp³-hybridized carbons (Fsp3) is 0.600. The van der Waals surface area contributed by atoms with Crippen LogP contribution in [-0.2, 0) is 16.0 Å². The second kappa shape index (κ2) is 7.45. The molecule has 6 heteroatoms. The van der Waals surface area contributed by atoms with E-state index in [4.69, 9.17) is 4.74 Å². The van der Waals surface area contributed by atoms with Gasteiger partial charge in [-0.3, -0.25) is 4.79 Å². The van der Waals surface area contributed by atoms with E-state index in [2.05, 4.69) is 16.7 Å². The van der Waals surface area contributed by atoms with Gasteiger partial charge in [0.1, 0.15) is 0 Å². The van der Waals surface area contributed by atoms with E-state index in [-0.39, 0.29) is 30.0 Å². The molecule has 1 aliphatic rings. The summed E-state index contributed by atoms with van der Waals surface area (Å²) in [5, 5.41) is 7.92. The molecule has 1 unspecified atom stereocenters. The predicted octanol–water partition coefficient (Wildman–Crippen LogP) is 2.32. The van der Waals surface area contributed by atoms with Crippen molar-refractivity contribution in [3.63, 3.8) is 0 Å². The first-order chi connectivity index (χ1) is 10.1. The summed E-state index contributed by atoms with van der Waals surface area (Å²) < 4.78 is 4.74. The maximum absolute atomic E-state index is 11.9. The van der Waals surface area contributed by atoms with Gasteiger partial charge in [0.25, 0.3) is 0 Å². The lowest BCUT2D eigenvalue weighted by Gasteiger charge is -2.17. The Hall–Kier alpha value is -1.56. The van der Waals surface area contributed by atoms with Crippen LogP contribution in [0.3, 0.4) is 0 Å². The molecule has 1 aromatic heterocycles. The van der Waals surface area contributed by atoms with Crippen molar-refractivity contribution in [2.45, 2.75) is 44.7 Å². The molecule has 2 amide bonds. The van der Waals surface area contributed by atoms with Gasteiger partial charge in [0.2, 0.25) is 0 Å². The zero-order chi connectivity index (χ0) is 15.2. The molecule has 2 N–H and O–H groups in total. The first kappa shape index (κ1) is 15.8. The van der Waals surface area contributed by atoms with Crippen molar-refractivity contribution in [2.75, 3.05) is 7.11 Å². The lowest BCUT2D eigenvalue weighted by molar-refractivity contribution is -0.145. The molecule has 1 aromatic rings. The highest BCUT2D eigenvalue weighted by atomic mass is 32.1. The van der Waals surface area contributed by atoms with Crippen LogP contribution in [0.5, 0.6) is 0 Å². The minimum Gasteiger partial charge on any atom is -0.469 e. The molecule has 0 aliphatic heterocycles. The van der Waals surface area contributed by atoms with Crippen molar-refractivity contribution in [2.24, 2.45) is 5.92 Å². The van der Waals surface area contributed by atoms with E-state index < -0.39 is 0 Å². The van der Waals surface area contributed by atoms with E-state index >= 15 is 0 Å². The highest BCUT2D eigenvalue weighted by molar-refractivity contribution is 7.09. The van der Waals surface area contributed by atoms with Crippen molar-refractivity contribution in [3.05, 3.63) is 22.4 Å². The Morgan fingerprint density at radius 3 is 2.95 bits per heavy atom. The molecule has 21 heavy (non-hydrogen) atoms. The average Bonchev–Trinajstić information content (AvgIpc) is 3.09. The summed E-state index contributed by atoms with van der Waals surface area (Å²) in [5.74, 6) is -0.255. The highest BCUT2D eigenvalue weighted by Crippen LogP contribution is 2.26. The van der Waals surface area contributed by atoms with E-state index in [9.17, 15) is 9.59 Å². The van der Waals surface area contributed by atoms with Gasteiger partial charge >= 0.3 is 12.0 Å². The zero-order valence-electron chi connectivity index (χ0n) is 12.4. The Bertz CT molecular complexity index is 475. The SMILES string of the molecule is COC(=O)[C@H]1CC[C@@H](NC(=O)NC(C)Cc2cccs2)C1. The van der Waals surface area contributed by atoms with Gasteiger partial charge in [0, 0.05) is 23.4 Å². The smallest absolute Gasteiger partial charge is 0.315 e. The second-order valence-electron chi connectivity index (χ2n) is 5.53. The minimum atomic E-state index is -0.175. The van der Waals surface area contributed by atoms with Crippen molar-refractivity contribution in [1.82, 2.24) is 10.6 Å². The third kappa shape index (κ3) is 4.74. The van der Waals surface area contributed by atoms with Crippen molar-refractivity contribution >= 4 is 23.3 Å². The summed E-state index contributed by atoms with van der Waals surface area (Å²) in [4.78, 5) is 24.7. The summed E-state index contributed by atoms with van der Waals surface area (Å²) in [7, 11) is 1.40. The summed E-state index contributed by atoms with van der Waals surface area (Å²) in [6, 6.07) is 4.07. The number of ether oxygens (including phenoxy) is 1. The molecule has 3 atom stereocenters. The number of urea groups is 1. The van der Waals surface area contributed by atoms with E-state index in [1.54, 1.807) is 11.3 Å². The fourth-order valence-electron chi connectivity index (χ4n) is 2.73. The summed E-state index contributed by atoms with van der Waals surface area (Å²) in [6.45, 7) is 1.99. The van der Waals surface area contributed by atoms with E-state index in [1.165, 1.54) is 12.0 Å². The zero-order valence-corrected chi connectivity index (χ0v) is 13.2. The predicted molar refractivity (Wildman–Crippen MR) is 82.3 cm³/mol. The van der Waals surface area contributed by atoms with Crippen molar-refractivity contribution in [3.8, 4) is 0 Å². The molecule has 5 nitrogen and oxygen atoms in total. The van der Waals surface area contributed by atoms with Crippen LogP contribution in [0.2, 0.25) is 0 Å². The summed E-state index contributed by atoms with van der Waals surface area (Å²) in [5.41, 5.74) is 0. The Morgan fingerprint density at radius 2 is 2.29 bits per heavy atom. The molecule has 0 spiro atoms. The largest absolute Gasteiger partial charge is 0.469 e. The van der Waals surface area contributed by atoms with Crippen LogP contribution in [0.1, 0.15) is 31.1 Å². The van der Waals surface area contributed by atoms with Gasteiger partial charge in [0.05, 0.1) is 13.0 Å². The first-order valence-corrected chi connectivity index (χ1v) is 8.13. The molecular weight excluding hydrogens is 288 g/mol. The third-order valence-corrected chi connectivity index (χ3v) is 4.67. The minimum absolute atomic E-state index is 0.0584. The molecule has 1 fully saturated rings. The number of hydrogen-bond acceptors (Lipinski definition) is 4. The molecular formula is C15H22N2O3S. The van der Waals surface area contributed by atoms with Crippen LogP contribution < -0.4 is 10.6 Å². The summed E-state index contributed by atoms with van der Waals surface area (Å²) in [6.07, 6.45) is 3.11. The average molecular weight is 310 g/mol. The molecule has 2 rings (SSSR count). The topological polar surface area (TPSA) is 67.4 Å². The highest BCUT2D eigenvalue weighted by Gasteiger charge is 2.31. The van der Waals surface area contributed by atoms with Crippen LogP contribution in [-0.4, -0.2) is 31.2 Å². The molecule has 1 saturated carbocycles. The third-order valence-electron chi connectivity index (χ3n) is 3.77. The maximum atomic E-state index is 11.9. The normalized spacial score (nSPS) is 22.6. The number of nitrogens with one attached hydrogen (secondary N) is 2. The molecule has 0 saturated heterocycles. The monoisotopic (exact) mass is 310 g/mol. The molecule has 1 aliphatic carbocycles. The Labute approximate surface area is 129 Å². The number of rotatable bonds is 5. The molecule has 0 radical (unpaired) electrons. The fourth-order valence-corrected chi connectivity index (χ4v) is 3.56. The van der Waals surface area contributed by atoms with E-state index in [1.807, 2.05) is 18.4 Å². The maximum Gasteiger partial charge on any atom is 0.315 e. The number of thiophene rings is 1.